The Morgan fingerprint density at radius 2 is 1.65 bits per heavy atom. The Balaban J connectivity index is 3.23. The van der Waals surface area contributed by atoms with Crippen LogP contribution in [0.5, 0.6) is 11.5 Å². The van der Waals surface area contributed by atoms with Crippen molar-refractivity contribution in [1.82, 2.24) is 0 Å². The maximum atomic E-state index is 9.69. The Morgan fingerprint density at radius 1 is 1.06 bits per heavy atom. The van der Waals surface area contributed by atoms with Gasteiger partial charge in [0.15, 0.2) is 0 Å². The van der Waals surface area contributed by atoms with Crippen LogP contribution in [0.15, 0.2) is 18.2 Å². The van der Waals surface area contributed by atoms with E-state index in [1.54, 1.807) is 39.2 Å². The molecule has 0 aliphatic rings. The lowest BCUT2D eigenvalue weighted by Gasteiger charge is -2.31. The van der Waals surface area contributed by atoms with Crippen molar-refractivity contribution in [2.45, 2.75) is 26.3 Å². The second-order valence-electron chi connectivity index (χ2n) is 3.71. The summed E-state index contributed by atoms with van der Waals surface area (Å²) < 4.78 is 10.3. The third-order valence-electron chi connectivity index (χ3n) is 2.47. The van der Waals surface area contributed by atoms with Gasteiger partial charge in [0.2, 0.25) is 0 Å². The number of methoxy groups -OCH3 is 2. The van der Waals surface area contributed by atoms with Crippen LogP contribution in [0.2, 0.25) is 0 Å². The highest BCUT2D eigenvalue weighted by molar-refractivity contribution is 5.62. The molecule has 5 heteroatoms. The van der Waals surface area contributed by atoms with Gasteiger partial charge in [-0.2, -0.15) is 0 Å². The van der Waals surface area contributed by atoms with Crippen molar-refractivity contribution in [1.29, 1.82) is 0 Å². The first-order valence-corrected chi connectivity index (χ1v) is 5.37. The number of nitrogens with zero attached hydrogens (tertiary/aromatic N) is 1. The number of rotatable bonds is 5. The third-order valence-corrected chi connectivity index (χ3v) is 2.47. The normalized spacial score (nSPS) is 14.0. The largest absolute Gasteiger partial charge is 0.497 e. The number of aliphatic hydroxyl groups is 2. The molecule has 0 radical (unpaired) electrons. The summed E-state index contributed by atoms with van der Waals surface area (Å²) in [5.74, 6) is 1.19. The van der Waals surface area contributed by atoms with Crippen LogP contribution in [-0.2, 0) is 0 Å². The van der Waals surface area contributed by atoms with E-state index in [0.29, 0.717) is 17.2 Å². The predicted molar refractivity (Wildman–Crippen MR) is 65.4 cm³/mol. The maximum Gasteiger partial charge on any atom is 0.142 e. The Morgan fingerprint density at radius 3 is 2.06 bits per heavy atom. The lowest BCUT2D eigenvalue weighted by molar-refractivity contribution is 0.104. The van der Waals surface area contributed by atoms with Gasteiger partial charge in [0, 0.05) is 6.07 Å². The van der Waals surface area contributed by atoms with E-state index in [0.717, 1.165) is 0 Å². The topological polar surface area (TPSA) is 62.2 Å². The number of benzene rings is 1. The van der Waals surface area contributed by atoms with Crippen LogP contribution in [0.1, 0.15) is 13.8 Å². The quantitative estimate of drug-likeness (QED) is 0.758. The molecule has 0 heterocycles. The Labute approximate surface area is 101 Å². The monoisotopic (exact) mass is 241 g/mol. The smallest absolute Gasteiger partial charge is 0.142 e. The Kier molecular flexibility index (Phi) is 4.60. The minimum absolute atomic E-state index is 0.563. The molecule has 0 bridgehead atoms. The number of aliphatic hydroxyl groups excluding tert-OH is 2. The molecule has 0 saturated carbocycles. The summed E-state index contributed by atoms with van der Waals surface area (Å²) in [7, 11) is 3.09. The van der Waals surface area contributed by atoms with E-state index in [-0.39, 0.29) is 0 Å². The van der Waals surface area contributed by atoms with Crippen LogP contribution in [0, 0.1) is 0 Å². The Bertz CT molecular complexity index is 358. The number of hydrogen-bond acceptors (Lipinski definition) is 5. The molecule has 0 aliphatic carbocycles. The van der Waals surface area contributed by atoms with E-state index in [4.69, 9.17) is 9.47 Å². The van der Waals surface area contributed by atoms with Crippen LogP contribution in [0.3, 0.4) is 0 Å². The molecule has 5 nitrogen and oxygen atoms in total. The summed E-state index contributed by atoms with van der Waals surface area (Å²) in [6.07, 6.45) is -1.67. The molecule has 2 atom stereocenters. The second-order valence-corrected chi connectivity index (χ2v) is 3.71. The zero-order valence-corrected chi connectivity index (χ0v) is 10.5. The van der Waals surface area contributed by atoms with Crippen LogP contribution in [0.4, 0.5) is 5.69 Å². The summed E-state index contributed by atoms with van der Waals surface area (Å²) in [4.78, 5) is 1.43. The van der Waals surface area contributed by atoms with Crippen LogP contribution in [0.25, 0.3) is 0 Å². The zero-order valence-electron chi connectivity index (χ0n) is 10.5. The standard InChI is InChI=1S/C12H19NO4/c1-8(14)13(9(2)15)11-7-10(16-3)5-6-12(11)17-4/h5-9,14-15H,1-4H3. The summed E-state index contributed by atoms with van der Waals surface area (Å²) >= 11 is 0. The molecule has 0 spiro atoms. The van der Waals surface area contributed by atoms with Crippen molar-refractivity contribution in [3.05, 3.63) is 18.2 Å². The van der Waals surface area contributed by atoms with E-state index in [1.165, 1.54) is 12.0 Å². The van der Waals surface area contributed by atoms with E-state index >= 15 is 0 Å². The molecule has 96 valence electrons. The van der Waals surface area contributed by atoms with E-state index < -0.39 is 12.5 Å². The van der Waals surface area contributed by atoms with Gasteiger partial charge >= 0.3 is 0 Å². The summed E-state index contributed by atoms with van der Waals surface area (Å²) in [6, 6.07) is 5.19. The van der Waals surface area contributed by atoms with Crippen LogP contribution >= 0.6 is 0 Å². The second kappa shape index (κ2) is 5.75. The van der Waals surface area contributed by atoms with E-state index in [1.807, 2.05) is 0 Å². The number of anilines is 1. The minimum Gasteiger partial charge on any atom is -0.497 e. The fourth-order valence-corrected chi connectivity index (χ4v) is 1.71. The number of ether oxygens (including phenoxy) is 2. The number of hydrogen-bond donors (Lipinski definition) is 2. The van der Waals surface area contributed by atoms with Crippen LogP contribution in [-0.4, -0.2) is 36.9 Å². The van der Waals surface area contributed by atoms with Gasteiger partial charge in [-0.15, -0.1) is 0 Å². The molecular formula is C12H19NO4. The fourth-order valence-electron chi connectivity index (χ4n) is 1.71. The average Bonchev–Trinajstić information content (AvgIpc) is 2.28. The molecule has 0 aliphatic heterocycles. The zero-order chi connectivity index (χ0) is 13.0. The van der Waals surface area contributed by atoms with Crippen molar-refractivity contribution >= 4 is 5.69 Å². The summed E-state index contributed by atoms with van der Waals surface area (Å²) in [6.45, 7) is 3.15. The molecule has 0 amide bonds. The molecule has 0 aromatic heterocycles. The van der Waals surface area contributed by atoms with Gasteiger partial charge in [0.25, 0.3) is 0 Å². The molecule has 0 fully saturated rings. The first-order valence-electron chi connectivity index (χ1n) is 5.37. The van der Waals surface area contributed by atoms with E-state index in [2.05, 4.69) is 0 Å². The first-order chi connectivity index (χ1) is 8.01. The lowest BCUT2D eigenvalue weighted by Crippen LogP contribution is -2.40. The molecule has 2 unspecified atom stereocenters. The molecule has 1 rings (SSSR count). The fraction of sp³-hybridized carbons (Fsp3) is 0.500. The molecular weight excluding hydrogens is 222 g/mol. The molecule has 2 N–H and O–H groups in total. The average molecular weight is 241 g/mol. The highest BCUT2D eigenvalue weighted by Gasteiger charge is 2.21. The Hall–Kier alpha value is -1.46. The summed E-state index contributed by atoms with van der Waals surface area (Å²) in [5, 5.41) is 19.4. The first kappa shape index (κ1) is 13.6. The maximum absolute atomic E-state index is 9.69. The van der Waals surface area contributed by atoms with Crippen molar-refractivity contribution in [2.24, 2.45) is 0 Å². The highest BCUT2D eigenvalue weighted by Crippen LogP contribution is 2.33. The lowest BCUT2D eigenvalue weighted by atomic mass is 10.2. The molecule has 1 aromatic rings. The SMILES string of the molecule is COc1ccc(OC)c(N(C(C)O)C(C)O)c1. The van der Waals surface area contributed by atoms with Gasteiger partial charge in [0.1, 0.15) is 24.0 Å². The van der Waals surface area contributed by atoms with Gasteiger partial charge < -0.3 is 24.6 Å². The minimum atomic E-state index is -0.837. The van der Waals surface area contributed by atoms with Gasteiger partial charge in [0.05, 0.1) is 19.9 Å². The summed E-state index contributed by atoms with van der Waals surface area (Å²) in [5.41, 5.74) is 0.580. The molecule has 1 aromatic carbocycles. The molecule has 0 saturated heterocycles. The third kappa shape index (κ3) is 3.01. The van der Waals surface area contributed by atoms with Gasteiger partial charge in [-0.25, -0.2) is 0 Å². The van der Waals surface area contributed by atoms with Gasteiger partial charge in [-0.1, -0.05) is 0 Å². The van der Waals surface area contributed by atoms with Crippen LogP contribution < -0.4 is 14.4 Å². The van der Waals surface area contributed by atoms with Crippen molar-refractivity contribution < 1.29 is 19.7 Å². The highest BCUT2D eigenvalue weighted by atomic mass is 16.5. The van der Waals surface area contributed by atoms with Gasteiger partial charge in [-0.05, 0) is 26.0 Å². The van der Waals surface area contributed by atoms with Crippen molar-refractivity contribution in [3.8, 4) is 11.5 Å². The predicted octanol–water partition coefficient (Wildman–Crippen LogP) is 1.19. The van der Waals surface area contributed by atoms with Crippen molar-refractivity contribution in [3.63, 3.8) is 0 Å². The van der Waals surface area contributed by atoms with E-state index in [9.17, 15) is 10.2 Å². The van der Waals surface area contributed by atoms with Gasteiger partial charge in [-0.3, -0.25) is 0 Å². The molecule has 17 heavy (non-hydrogen) atoms. The van der Waals surface area contributed by atoms with Crippen molar-refractivity contribution in [2.75, 3.05) is 19.1 Å².